The Bertz CT molecular complexity index is 254. The van der Waals surface area contributed by atoms with Gasteiger partial charge in [0.1, 0.15) is 0 Å². The Hall–Kier alpha value is -0.220. The predicted octanol–water partition coefficient (Wildman–Crippen LogP) is 3.22. The largest absolute Gasteiger partial charge is 0.381 e. The Morgan fingerprint density at radius 1 is 1.28 bits per heavy atom. The molecule has 0 radical (unpaired) electrons. The van der Waals surface area contributed by atoms with Crippen LogP contribution in [-0.4, -0.2) is 31.7 Å². The molecule has 1 aliphatic heterocycles. The fourth-order valence-corrected chi connectivity index (χ4v) is 3.07. The van der Waals surface area contributed by atoms with Crippen LogP contribution in [0.4, 0.5) is 8.78 Å². The zero-order valence-corrected chi connectivity index (χ0v) is 11.3. The standard InChI is InChI=1S/C14H25F2NO/c1-11(12-5-4-8-18-10-12)17-9-13-6-2-3-7-14(13,15)16/h11-13,17H,2-10H2,1H3/t11-,12-,13+/m0/s1. The van der Waals surface area contributed by atoms with Crippen LogP contribution in [-0.2, 0) is 4.74 Å². The molecule has 0 aromatic heterocycles. The molecule has 1 saturated heterocycles. The highest BCUT2D eigenvalue weighted by Gasteiger charge is 2.41. The summed E-state index contributed by atoms with van der Waals surface area (Å²) < 4.78 is 32.8. The summed E-state index contributed by atoms with van der Waals surface area (Å²) in [4.78, 5) is 0. The summed E-state index contributed by atoms with van der Waals surface area (Å²) in [6.45, 7) is 4.17. The zero-order chi connectivity index (χ0) is 13.0. The van der Waals surface area contributed by atoms with Crippen molar-refractivity contribution in [2.45, 2.75) is 57.4 Å². The summed E-state index contributed by atoms with van der Waals surface area (Å²) in [5.41, 5.74) is 0. The van der Waals surface area contributed by atoms with E-state index >= 15 is 0 Å². The van der Waals surface area contributed by atoms with E-state index in [0.29, 0.717) is 25.3 Å². The molecular formula is C14H25F2NO. The van der Waals surface area contributed by atoms with Crippen molar-refractivity contribution in [2.24, 2.45) is 11.8 Å². The van der Waals surface area contributed by atoms with Crippen LogP contribution in [0.5, 0.6) is 0 Å². The van der Waals surface area contributed by atoms with Crippen molar-refractivity contribution in [3.63, 3.8) is 0 Å². The van der Waals surface area contributed by atoms with Gasteiger partial charge in [0.2, 0.25) is 0 Å². The molecule has 1 N–H and O–H groups in total. The van der Waals surface area contributed by atoms with Crippen molar-refractivity contribution in [2.75, 3.05) is 19.8 Å². The van der Waals surface area contributed by atoms with Gasteiger partial charge in [0.05, 0.1) is 6.61 Å². The Labute approximate surface area is 108 Å². The maximum absolute atomic E-state index is 13.7. The first-order valence-corrected chi connectivity index (χ1v) is 7.28. The molecule has 2 rings (SSSR count). The van der Waals surface area contributed by atoms with Crippen LogP contribution in [0.25, 0.3) is 0 Å². The van der Waals surface area contributed by atoms with Crippen LogP contribution < -0.4 is 5.32 Å². The van der Waals surface area contributed by atoms with E-state index in [0.717, 1.165) is 32.5 Å². The highest BCUT2D eigenvalue weighted by atomic mass is 19.3. The molecule has 0 amide bonds. The van der Waals surface area contributed by atoms with Crippen molar-refractivity contribution >= 4 is 0 Å². The van der Waals surface area contributed by atoms with Crippen molar-refractivity contribution in [1.82, 2.24) is 5.32 Å². The van der Waals surface area contributed by atoms with E-state index < -0.39 is 11.8 Å². The number of halogens is 2. The third-order valence-corrected chi connectivity index (χ3v) is 4.50. The summed E-state index contributed by atoms with van der Waals surface area (Å²) in [5.74, 6) is -2.46. The Morgan fingerprint density at radius 3 is 2.78 bits per heavy atom. The fraction of sp³-hybridized carbons (Fsp3) is 1.00. The minimum absolute atomic E-state index is 0.0697. The van der Waals surface area contributed by atoms with Gasteiger partial charge in [0.15, 0.2) is 0 Å². The van der Waals surface area contributed by atoms with E-state index in [-0.39, 0.29) is 12.5 Å². The van der Waals surface area contributed by atoms with E-state index in [4.69, 9.17) is 4.74 Å². The van der Waals surface area contributed by atoms with Gasteiger partial charge in [0, 0.05) is 31.5 Å². The second-order valence-corrected chi connectivity index (χ2v) is 5.88. The van der Waals surface area contributed by atoms with E-state index in [9.17, 15) is 8.78 Å². The molecule has 1 heterocycles. The highest BCUT2D eigenvalue weighted by Crippen LogP contribution is 2.38. The predicted molar refractivity (Wildman–Crippen MR) is 67.9 cm³/mol. The van der Waals surface area contributed by atoms with Crippen LogP contribution in [0.1, 0.15) is 45.4 Å². The lowest BCUT2D eigenvalue weighted by Crippen LogP contribution is -2.45. The lowest BCUT2D eigenvalue weighted by molar-refractivity contribution is -0.0857. The molecule has 2 fully saturated rings. The van der Waals surface area contributed by atoms with E-state index in [1.807, 2.05) is 0 Å². The Balaban J connectivity index is 1.75. The quantitative estimate of drug-likeness (QED) is 0.839. The topological polar surface area (TPSA) is 21.3 Å². The third-order valence-electron chi connectivity index (χ3n) is 4.50. The molecule has 1 aliphatic carbocycles. The van der Waals surface area contributed by atoms with Gasteiger partial charge in [-0.2, -0.15) is 0 Å². The van der Waals surface area contributed by atoms with Crippen LogP contribution in [0, 0.1) is 11.8 Å². The van der Waals surface area contributed by atoms with E-state index in [1.54, 1.807) is 0 Å². The van der Waals surface area contributed by atoms with Crippen LogP contribution in [0.15, 0.2) is 0 Å². The van der Waals surface area contributed by atoms with Gasteiger partial charge >= 0.3 is 0 Å². The molecule has 0 bridgehead atoms. The lowest BCUT2D eigenvalue weighted by atomic mass is 9.85. The summed E-state index contributed by atoms with van der Waals surface area (Å²) >= 11 is 0. The second kappa shape index (κ2) is 6.29. The van der Waals surface area contributed by atoms with Gasteiger partial charge in [-0.1, -0.05) is 6.42 Å². The van der Waals surface area contributed by atoms with Crippen LogP contribution in [0.3, 0.4) is 0 Å². The fourth-order valence-electron chi connectivity index (χ4n) is 3.07. The van der Waals surface area contributed by atoms with Crippen molar-refractivity contribution < 1.29 is 13.5 Å². The molecule has 4 heteroatoms. The lowest BCUT2D eigenvalue weighted by Gasteiger charge is -2.34. The van der Waals surface area contributed by atoms with Crippen LogP contribution >= 0.6 is 0 Å². The average molecular weight is 261 g/mol. The Kier molecular flexibility index (Phi) is 4.96. The van der Waals surface area contributed by atoms with Crippen molar-refractivity contribution in [3.8, 4) is 0 Å². The molecule has 0 aromatic carbocycles. The Morgan fingerprint density at radius 2 is 2.11 bits per heavy atom. The molecule has 0 aromatic rings. The number of ether oxygens (including phenoxy) is 1. The average Bonchev–Trinajstić information content (AvgIpc) is 2.38. The number of rotatable bonds is 4. The molecule has 106 valence electrons. The van der Waals surface area contributed by atoms with E-state index in [1.165, 1.54) is 0 Å². The van der Waals surface area contributed by atoms with Crippen molar-refractivity contribution in [1.29, 1.82) is 0 Å². The molecule has 2 aliphatic rings. The molecule has 0 unspecified atom stereocenters. The molecule has 1 saturated carbocycles. The maximum Gasteiger partial charge on any atom is 0.252 e. The number of nitrogens with one attached hydrogen (secondary N) is 1. The smallest absolute Gasteiger partial charge is 0.252 e. The van der Waals surface area contributed by atoms with E-state index in [2.05, 4.69) is 12.2 Å². The molecule has 2 nitrogen and oxygen atoms in total. The molecular weight excluding hydrogens is 236 g/mol. The second-order valence-electron chi connectivity index (χ2n) is 5.88. The first-order chi connectivity index (χ1) is 8.59. The van der Waals surface area contributed by atoms with Gasteiger partial charge in [-0.15, -0.1) is 0 Å². The zero-order valence-electron chi connectivity index (χ0n) is 11.3. The van der Waals surface area contributed by atoms with Gasteiger partial charge in [-0.3, -0.25) is 0 Å². The van der Waals surface area contributed by atoms with Gasteiger partial charge in [-0.25, -0.2) is 8.78 Å². The van der Waals surface area contributed by atoms with Gasteiger partial charge in [-0.05, 0) is 38.5 Å². The summed E-state index contributed by atoms with van der Waals surface area (Å²) in [6.07, 6.45) is 4.60. The normalized spacial score (nSPS) is 34.2. The summed E-state index contributed by atoms with van der Waals surface area (Å²) in [6, 6.07) is 0.281. The van der Waals surface area contributed by atoms with Crippen molar-refractivity contribution in [3.05, 3.63) is 0 Å². The third kappa shape index (κ3) is 3.64. The van der Waals surface area contributed by atoms with Crippen LogP contribution in [0.2, 0.25) is 0 Å². The minimum atomic E-state index is -2.46. The molecule has 0 spiro atoms. The minimum Gasteiger partial charge on any atom is -0.381 e. The first kappa shape index (κ1) is 14.2. The molecule has 3 atom stereocenters. The monoisotopic (exact) mass is 261 g/mol. The number of alkyl halides is 2. The first-order valence-electron chi connectivity index (χ1n) is 7.28. The number of hydrogen-bond acceptors (Lipinski definition) is 2. The SMILES string of the molecule is C[C@H](NC[C@H]1CCCCC1(F)F)[C@H]1CCCOC1. The maximum atomic E-state index is 13.7. The summed E-state index contributed by atoms with van der Waals surface area (Å²) in [7, 11) is 0. The summed E-state index contributed by atoms with van der Waals surface area (Å²) in [5, 5.41) is 3.32. The van der Waals surface area contributed by atoms with Gasteiger partial charge in [0.25, 0.3) is 5.92 Å². The van der Waals surface area contributed by atoms with Gasteiger partial charge < -0.3 is 10.1 Å². The number of hydrogen-bond donors (Lipinski definition) is 1. The highest BCUT2D eigenvalue weighted by molar-refractivity contribution is 4.85. The molecule has 18 heavy (non-hydrogen) atoms.